The van der Waals surface area contributed by atoms with Crippen LogP contribution in [0.2, 0.25) is 0 Å². The van der Waals surface area contributed by atoms with Crippen LogP contribution < -0.4 is 30.0 Å². The topological polar surface area (TPSA) is 405 Å². The predicted octanol–water partition coefficient (Wildman–Crippen LogP) is 4.46. The van der Waals surface area contributed by atoms with Gasteiger partial charge in [0.05, 0.1) is 0 Å². The maximum Gasteiger partial charge on any atom is 3.00 e. The summed E-state index contributed by atoms with van der Waals surface area (Å²) in [5, 5.41) is 32.3. The van der Waals surface area contributed by atoms with Crippen LogP contribution in [0.4, 0.5) is 96.1 Å². The molecule has 3 rings (SSSR count). The van der Waals surface area contributed by atoms with Crippen LogP contribution in [0.15, 0.2) is 72.8 Å². The van der Waals surface area contributed by atoms with Crippen LogP contribution in [0.5, 0.6) is 17.2 Å². The third kappa shape index (κ3) is 44.6. The van der Waals surface area contributed by atoms with E-state index in [0.717, 1.165) is 17.1 Å². The Morgan fingerprint density at radius 1 is 0.304 bits per heavy atom. The zero-order valence-electron chi connectivity index (χ0n) is 38.9. The Morgan fingerprint density at radius 3 is 0.456 bits per heavy atom. The van der Waals surface area contributed by atoms with Crippen molar-refractivity contribution < 1.29 is 172 Å². The molecule has 79 heavy (non-hydrogen) atoms. The average Bonchev–Trinajstić information content (AvgIpc) is 3.15. The Morgan fingerprint density at radius 2 is 0.405 bits per heavy atom. The summed E-state index contributed by atoms with van der Waals surface area (Å²) in [6, 6.07) is 20.5. The first-order valence-corrected chi connectivity index (χ1v) is 25.8. The van der Waals surface area contributed by atoms with Crippen molar-refractivity contribution in [3.05, 3.63) is 72.8 Å². The molecule has 0 unspecified atom stereocenters. The van der Waals surface area contributed by atoms with Crippen molar-refractivity contribution in [1.82, 2.24) is 0 Å². The fourth-order valence-corrected chi connectivity index (χ4v) is 2.29. The number of hydrogen-bond acceptors (Lipinski definition) is 18. The molecule has 0 fully saturated rings. The van der Waals surface area contributed by atoms with E-state index in [4.69, 9.17) is 77.8 Å². The number of anilines is 3. The van der Waals surface area contributed by atoms with Crippen molar-refractivity contribution in [2.45, 2.75) is 33.0 Å². The summed E-state index contributed by atoms with van der Waals surface area (Å²) in [6.45, 7) is 0. The standard InChI is InChI=1S/3C8H11NO.6CHF3O3S.Al/c3*1-9(2)7-4-3-5-8(10)6-7;6*2-1(3,4)8(5,6)7;/h3*3-6,10H,1-2H3;6*(H,5,6,7);/q;;;;;;;;;+3/p-3. The molecule has 0 radical (unpaired) electrons. The Balaban J connectivity index is -0.000000148. The van der Waals surface area contributed by atoms with E-state index in [1.54, 1.807) is 54.6 Å². The van der Waals surface area contributed by atoms with Crippen molar-refractivity contribution in [2.75, 3.05) is 57.0 Å². The molecule has 462 valence electrons. The third-order valence-corrected chi connectivity index (χ3v) is 9.27. The molecule has 0 aliphatic carbocycles. The van der Waals surface area contributed by atoms with Crippen LogP contribution in [0.25, 0.3) is 0 Å². The Hall–Kier alpha value is -4.81. The first-order valence-electron chi connectivity index (χ1n) is 17.2. The zero-order chi connectivity index (χ0) is 64.7. The van der Waals surface area contributed by atoms with Crippen molar-refractivity contribution in [3.63, 3.8) is 0 Å². The van der Waals surface area contributed by atoms with E-state index in [0.29, 0.717) is 0 Å². The van der Waals surface area contributed by atoms with Crippen molar-refractivity contribution >= 4 is 95.1 Å². The Kier molecular flexibility index (Phi) is 37.7. The monoisotopic (exact) mass is 1330 g/mol. The third-order valence-electron chi connectivity index (χ3n) is 5.76. The van der Waals surface area contributed by atoms with E-state index < -0.39 is 93.8 Å². The number of hydrogen-bond donors (Lipinski definition) is 6. The summed E-state index contributed by atoms with van der Waals surface area (Å²) in [5.41, 5.74) is -30.4. The van der Waals surface area contributed by atoms with Gasteiger partial charge in [-0.3, -0.25) is 27.3 Å². The molecule has 0 aliphatic heterocycles. The van der Waals surface area contributed by atoms with E-state index in [9.17, 15) is 94.3 Å². The van der Waals surface area contributed by atoms with Gasteiger partial charge in [-0.05, 0) is 36.4 Å². The van der Waals surface area contributed by atoms with E-state index in [1.165, 1.54) is 0 Å². The molecule has 0 spiro atoms. The van der Waals surface area contributed by atoms with E-state index in [1.807, 2.05) is 75.2 Å². The van der Waals surface area contributed by atoms with Crippen molar-refractivity contribution in [2.24, 2.45) is 0 Å². The summed E-state index contributed by atoms with van der Waals surface area (Å²) in [7, 11) is -23.6. The summed E-state index contributed by atoms with van der Waals surface area (Å²) in [5.74, 6) is 0.184. The van der Waals surface area contributed by atoms with Crippen LogP contribution in [-0.2, 0) is 60.7 Å². The van der Waals surface area contributed by atoms with Crippen molar-refractivity contribution in [3.8, 4) is 17.2 Å². The minimum Gasteiger partial charge on any atom is -0.872 e. The zero-order valence-corrected chi connectivity index (χ0v) is 45.0. The SMILES string of the molecule is CN(C)c1cccc([O-])c1.CN(C)c1cccc([O-])c1.CN(C)c1cccc([O-])c1.O=S(=O)(O)C(F)(F)F.O=S(=O)(O)C(F)(F)F.O=S(=O)(O)C(F)(F)F.O=S(=O)(O)C(F)(F)F.O=S(=O)(O)C(F)(F)F.O=S(=O)(O)C(F)(F)F.[Al+3]. The average molecular weight is 1340 g/mol. The molecule has 0 amide bonds. The largest absolute Gasteiger partial charge is 3.00 e. The number of rotatable bonds is 3. The molecule has 0 bridgehead atoms. The maximum absolute atomic E-state index is 10.8. The number of alkyl halides is 18. The number of benzene rings is 3. The predicted molar refractivity (Wildman–Crippen MR) is 232 cm³/mol. The molecular formula is C30H36AlF18N3O21S6. The molecular weight excluding hydrogens is 1300 g/mol. The molecule has 0 heterocycles. The quantitative estimate of drug-likeness (QED) is 0.0912. The van der Waals surface area contributed by atoms with Gasteiger partial charge in [0.25, 0.3) is 0 Å². The van der Waals surface area contributed by atoms with Crippen LogP contribution in [-0.4, -0.2) is 171 Å². The second kappa shape index (κ2) is 33.8. The maximum atomic E-state index is 10.8. The summed E-state index contributed by atoms with van der Waals surface area (Å²) in [6.07, 6.45) is 0. The van der Waals surface area contributed by atoms with Crippen LogP contribution in [0, 0.1) is 0 Å². The number of halogens is 18. The minimum absolute atomic E-state index is 0. The molecule has 0 aliphatic rings. The molecule has 0 aromatic heterocycles. The summed E-state index contributed by atoms with van der Waals surface area (Å²) >= 11 is 0. The van der Waals surface area contributed by atoms with E-state index in [-0.39, 0.29) is 34.6 Å². The second-order valence-corrected chi connectivity index (χ2v) is 21.2. The van der Waals surface area contributed by atoms with E-state index in [2.05, 4.69) is 0 Å². The van der Waals surface area contributed by atoms with Gasteiger partial charge in [-0.15, -0.1) is 17.2 Å². The molecule has 3 aromatic rings. The molecule has 24 nitrogen and oxygen atoms in total. The number of nitrogens with zero attached hydrogens (tertiary/aromatic N) is 3. The normalized spacial score (nSPS) is 12.1. The van der Waals surface area contributed by atoms with Gasteiger partial charge in [0, 0.05) is 59.3 Å². The minimum atomic E-state index is -5.84. The first kappa shape index (κ1) is 88.0. The van der Waals surface area contributed by atoms with Gasteiger partial charge < -0.3 is 30.0 Å². The second-order valence-electron chi connectivity index (χ2n) is 12.7. The fraction of sp³-hybridized carbons (Fsp3) is 0.400. The summed E-state index contributed by atoms with van der Waals surface area (Å²) in [4.78, 5) is 5.71. The van der Waals surface area contributed by atoms with Gasteiger partial charge in [-0.25, -0.2) is 0 Å². The molecule has 0 saturated heterocycles. The van der Waals surface area contributed by atoms with Crippen LogP contribution in [0.1, 0.15) is 0 Å². The molecule has 0 saturated carbocycles. The smallest absolute Gasteiger partial charge is 0.872 e. The van der Waals surface area contributed by atoms with Gasteiger partial charge in [0.15, 0.2) is 0 Å². The Labute approximate surface area is 445 Å². The molecule has 6 N–H and O–H groups in total. The van der Waals surface area contributed by atoms with Crippen LogP contribution in [0.3, 0.4) is 0 Å². The van der Waals surface area contributed by atoms with Crippen molar-refractivity contribution in [1.29, 1.82) is 0 Å². The first-order chi connectivity index (χ1) is 33.6. The molecule has 49 heteroatoms. The van der Waals surface area contributed by atoms with Gasteiger partial charge in [0.2, 0.25) is 0 Å². The molecule has 3 aromatic carbocycles. The van der Waals surface area contributed by atoms with Gasteiger partial charge in [-0.2, -0.15) is 130 Å². The Bertz CT molecular complexity index is 2510. The van der Waals surface area contributed by atoms with Gasteiger partial charge in [-0.1, -0.05) is 36.4 Å². The van der Waals surface area contributed by atoms with Gasteiger partial charge >= 0.3 is 111 Å². The van der Waals surface area contributed by atoms with Gasteiger partial charge in [0.1, 0.15) is 0 Å². The van der Waals surface area contributed by atoms with E-state index >= 15 is 0 Å². The fourth-order valence-electron chi connectivity index (χ4n) is 2.29. The summed E-state index contributed by atoms with van der Waals surface area (Å²) < 4.78 is 345. The van der Waals surface area contributed by atoms with Crippen LogP contribution >= 0.6 is 0 Å². The molecule has 0 atom stereocenters.